The zero-order valence-electron chi connectivity index (χ0n) is 10.5. The Kier molecular flexibility index (Phi) is 3.92. The molecule has 0 aromatic heterocycles. The van der Waals surface area contributed by atoms with Gasteiger partial charge in [0.15, 0.2) is 5.84 Å². The summed E-state index contributed by atoms with van der Waals surface area (Å²) in [6.07, 6.45) is 2.59. The van der Waals surface area contributed by atoms with Gasteiger partial charge in [-0.25, -0.2) is 4.79 Å². The molecule has 0 saturated heterocycles. The summed E-state index contributed by atoms with van der Waals surface area (Å²) in [5.41, 5.74) is 2.46. The number of benzene rings is 1. The van der Waals surface area contributed by atoms with Crippen molar-refractivity contribution >= 4 is 18.1 Å². The molecule has 1 aromatic rings. The van der Waals surface area contributed by atoms with Gasteiger partial charge in [-0.1, -0.05) is 42.9 Å². The van der Waals surface area contributed by atoms with Crippen LogP contribution in [0.15, 0.2) is 57.0 Å². The number of hydrogen-bond donors (Lipinski definition) is 1. The van der Waals surface area contributed by atoms with Crippen LogP contribution in [-0.2, 0) is 6.42 Å². The first-order valence-electron chi connectivity index (χ1n) is 5.81. The zero-order valence-corrected chi connectivity index (χ0v) is 10.5. The van der Waals surface area contributed by atoms with E-state index in [1.807, 2.05) is 24.3 Å². The van der Waals surface area contributed by atoms with E-state index >= 15 is 0 Å². The minimum Gasteiger partial charge on any atom is -0.286 e. The van der Waals surface area contributed by atoms with Gasteiger partial charge in [0.25, 0.3) is 0 Å². The van der Waals surface area contributed by atoms with E-state index in [1.165, 1.54) is 5.56 Å². The van der Waals surface area contributed by atoms with Crippen LogP contribution >= 0.6 is 0 Å². The van der Waals surface area contributed by atoms with Crippen molar-refractivity contribution in [1.29, 1.82) is 0 Å². The topological polar surface area (TPSA) is 78.5 Å². The lowest BCUT2D eigenvalue weighted by Crippen LogP contribution is -2.31. The van der Waals surface area contributed by atoms with Crippen molar-refractivity contribution in [3.05, 3.63) is 47.7 Å². The van der Waals surface area contributed by atoms with Crippen LogP contribution in [0.25, 0.3) is 0 Å². The Bertz CT molecular complexity index is 584. The average molecular weight is 255 g/mol. The summed E-state index contributed by atoms with van der Waals surface area (Å²) in [6.45, 7) is 5.70. The van der Waals surface area contributed by atoms with E-state index in [4.69, 9.17) is 0 Å². The number of carbonyl (C=O) groups excluding carboxylic acids is 1. The predicted molar refractivity (Wildman–Crippen MR) is 73.4 cm³/mol. The normalized spacial score (nSPS) is 17.2. The molecule has 1 aliphatic heterocycles. The summed E-state index contributed by atoms with van der Waals surface area (Å²) in [7, 11) is 0. The van der Waals surface area contributed by atoms with Crippen LogP contribution in [0.4, 0.5) is 4.79 Å². The van der Waals surface area contributed by atoms with Crippen LogP contribution in [0, 0.1) is 0 Å². The molecule has 6 heteroatoms. The van der Waals surface area contributed by atoms with E-state index in [0.29, 0.717) is 0 Å². The molecule has 19 heavy (non-hydrogen) atoms. The number of amidine groups is 1. The monoisotopic (exact) mass is 255 g/mol. The van der Waals surface area contributed by atoms with Crippen molar-refractivity contribution in [3.63, 3.8) is 0 Å². The van der Waals surface area contributed by atoms with E-state index in [-0.39, 0.29) is 11.5 Å². The molecule has 0 radical (unpaired) electrons. The average Bonchev–Trinajstić information content (AvgIpc) is 2.43. The largest absolute Gasteiger partial charge is 0.365 e. The third kappa shape index (κ3) is 3.41. The highest BCUT2D eigenvalue weighted by atomic mass is 16.2. The fourth-order valence-electron chi connectivity index (χ4n) is 1.43. The lowest BCUT2D eigenvalue weighted by Gasteiger charge is -2.06. The van der Waals surface area contributed by atoms with Gasteiger partial charge in [0.05, 0.1) is 6.21 Å². The Balaban J connectivity index is 2.08. The van der Waals surface area contributed by atoms with E-state index < -0.39 is 6.03 Å². The minimum atomic E-state index is -0.575. The number of nitrogens with one attached hydrogen (secondary N) is 1. The molecule has 2 rings (SSSR count). The van der Waals surface area contributed by atoms with Crippen LogP contribution in [0.2, 0.25) is 0 Å². The number of hydrogen-bond acceptors (Lipinski definition) is 4. The zero-order chi connectivity index (χ0) is 13.7. The number of azo groups is 1. The molecular weight excluding hydrogens is 242 g/mol. The van der Waals surface area contributed by atoms with Crippen LogP contribution in [0.1, 0.15) is 18.1 Å². The van der Waals surface area contributed by atoms with Gasteiger partial charge in [-0.15, -0.1) is 10.2 Å². The van der Waals surface area contributed by atoms with Gasteiger partial charge < -0.3 is 0 Å². The second-order valence-corrected chi connectivity index (χ2v) is 3.87. The highest BCUT2D eigenvalue weighted by Crippen LogP contribution is 2.05. The molecule has 96 valence electrons. The molecule has 1 heterocycles. The van der Waals surface area contributed by atoms with E-state index in [0.717, 1.165) is 12.0 Å². The summed E-state index contributed by atoms with van der Waals surface area (Å²) in [6, 6.07) is 7.40. The fourth-order valence-corrected chi connectivity index (χ4v) is 1.43. The maximum absolute atomic E-state index is 11.0. The number of urea groups is 1. The predicted octanol–water partition coefficient (Wildman–Crippen LogP) is 2.67. The molecule has 0 fully saturated rings. The lowest BCUT2D eigenvalue weighted by atomic mass is 10.1. The van der Waals surface area contributed by atoms with Gasteiger partial charge >= 0.3 is 6.03 Å². The molecular formula is C13H13N5O. The molecule has 1 N–H and O–H groups in total. The van der Waals surface area contributed by atoms with Crippen molar-refractivity contribution < 1.29 is 4.79 Å². The number of aryl methyl sites for hydroxylation is 1. The molecule has 2 amide bonds. The molecule has 1 aromatic carbocycles. The summed E-state index contributed by atoms with van der Waals surface area (Å²) < 4.78 is 0. The quantitative estimate of drug-likeness (QED) is 0.654. The molecule has 0 spiro atoms. The molecule has 0 saturated carbocycles. The smallest absolute Gasteiger partial charge is 0.286 e. The number of amides is 2. The molecule has 0 atom stereocenters. The second-order valence-electron chi connectivity index (χ2n) is 3.87. The first-order chi connectivity index (χ1) is 9.19. The highest BCUT2D eigenvalue weighted by molar-refractivity contribution is 6.08. The third-order valence-corrected chi connectivity index (χ3v) is 2.51. The lowest BCUT2D eigenvalue weighted by molar-refractivity contribution is 0.251. The summed E-state index contributed by atoms with van der Waals surface area (Å²) in [4.78, 5) is 11.0. The molecule has 1 aliphatic rings. The minimum absolute atomic E-state index is 0.210. The highest BCUT2D eigenvalue weighted by Gasteiger charge is 2.13. The number of carbonyl (C=O) groups is 1. The molecule has 0 bridgehead atoms. The molecule has 0 unspecified atom stereocenters. The number of rotatable bonds is 3. The molecule has 6 nitrogen and oxygen atoms in total. The maximum Gasteiger partial charge on any atom is 0.365 e. The van der Waals surface area contributed by atoms with Crippen LogP contribution in [0.3, 0.4) is 0 Å². The van der Waals surface area contributed by atoms with Crippen molar-refractivity contribution in [2.75, 3.05) is 0 Å². The van der Waals surface area contributed by atoms with Gasteiger partial charge in [0.2, 0.25) is 0 Å². The Morgan fingerprint density at radius 3 is 2.74 bits per heavy atom. The Morgan fingerprint density at radius 1 is 1.32 bits per heavy atom. The van der Waals surface area contributed by atoms with Crippen molar-refractivity contribution in [2.45, 2.75) is 13.3 Å². The first kappa shape index (κ1) is 12.8. The van der Waals surface area contributed by atoms with Crippen LogP contribution in [-0.4, -0.2) is 18.1 Å². The van der Waals surface area contributed by atoms with Crippen molar-refractivity contribution in [3.8, 4) is 0 Å². The van der Waals surface area contributed by atoms with Gasteiger partial charge in [0, 0.05) is 0 Å². The van der Waals surface area contributed by atoms with Crippen molar-refractivity contribution in [2.24, 2.45) is 20.4 Å². The molecule has 0 aliphatic carbocycles. The second kappa shape index (κ2) is 5.81. The summed E-state index contributed by atoms with van der Waals surface area (Å²) in [5.74, 6) is 0.210. The van der Waals surface area contributed by atoms with E-state index in [1.54, 1.807) is 6.21 Å². The standard InChI is InChI=1S/C13H13N5O/c1-3-10-4-6-11(7-5-10)8-14-17-12-9(2)16-18-13(19)15-12/h4-8H,2-3H2,1H3,(H,15,17,19)/b14-8+. The fraction of sp³-hybridized carbons (Fsp3) is 0.154. The van der Waals surface area contributed by atoms with Gasteiger partial charge in [-0.05, 0) is 17.5 Å². The first-order valence-corrected chi connectivity index (χ1v) is 5.81. The van der Waals surface area contributed by atoms with E-state index in [9.17, 15) is 4.79 Å². The third-order valence-electron chi connectivity index (χ3n) is 2.51. The van der Waals surface area contributed by atoms with Crippen LogP contribution in [0.5, 0.6) is 0 Å². The summed E-state index contributed by atoms with van der Waals surface area (Å²) in [5, 5.41) is 17.0. The van der Waals surface area contributed by atoms with Gasteiger partial charge in [-0.3, -0.25) is 5.32 Å². The van der Waals surface area contributed by atoms with Crippen molar-refractivity contribution in [1.82, 2.24) is 5.32 Å². The Hall–Kier alpha value is -2.63. The number of nitrogens with zero attached hydrogens (tertiary/aromatic N) is 4. The SMILES string of the molecule is C=C1N=NC(=O)N/C1=N/N=C/c1ccc(CC)cc1. The van der Waals surface area contributed by atoms with E-state index in [2.05, 4.69) is 39.3 Å². The Labute approximate surface area is 110 Å². The van der Waals surface area contributed by atoms with Gasteiger partial charge in [-0.2, -0.15) is 5.10 Å². The summed E-state index contributed by atoms with van der Waals surface area (Å²) >= 11 is 0. The van der Waals surface area contributed by atoms with Gasteiger partial charge in [0.1, 0.15) is 5.70 Å². The Morgan fingerprint density at radius 2 is 2.05 bits per heavy atom. The van der Waals surface area contributed by atoms with Crippen LogP contribution < -0.4 is 5.32 Å². The maximum atomic E-state index is 11.0.